The number of aryl methyl sites for hydroxylation is 1. The molecule has 1 saturated heterocycles. The van der Waals surface area contributed by atoms with Crippen LogP contribution in [0.5, 0.6) is 0 Å². The van der Waals surface area contributed by atoms with Crippen LogP contribution in [0.4, 0.5) is 5.82 Å². The second-order valence-electron chi connectivity index (χ2n) is 7.87. The van der Waals surface area contributed by atoms with Gasteiger partial charge in [0.25, 0.3) is 0 Å². The summed E-state index contributed by atoms with van der Waals surface area (Å²) in [4.78, 5) is 2.63. The molecule has 0 bridgehead atoms. The van der Waals surface area contributed by atoms with Gasteiger partial charge in [-0.3, -0.25) is 4.90 Å². The molecule has 4 heteroatoms. The van der Waals surface area contributed by atoms with Gasteiger partial charge in [-0.15, -0.1) is 0 Å². The maximum atomic E-state index is 5.24. The van der Waals surface area contributed by atoms with Crippen molar-refractivity contribution in [2.24, 2.45) is 0 Å². The summed E-state index contributed by atoms with van der Waals surface area (Å²) in [6.45, 7) is 10.1. The van der Waals surface area contributed by atoms with Crippen LogP contribution in [0.1, 0.15) is 67.5 Å². The Bertz CT molecular complexity index is 777. The lowest BCUT2D eigenvalue weighted by molar-refractivity contribution is 0.152. The van der Waals surface area contributed by atoms with E-state index in [2.05, 4.69) is 53.9 Å². The van der Waals surface area contributed by atoms with Crippen molar-refractivity contribution in [1.82, 2.24) is 14.7 Å². The van der Waals surface area contributed by atoms with Crippen molar-refractivity contribution in [1.29, 1.82) is 0 Å². The van der Waals surface area contributed by atoms with Gasteiger partial charge in [0, 0.05) is 12.1 Å². The Morgan fingerprint density at radius 3 is 2.88 bits per heavy atom. The summed E-state index contributed by atoms with van der Waals surface area (Å²) in [5, 5.41) is 8.95. The third-order valence-corrected chi connectivity index (χ3v) is 6.30. The molecule has 1 N–H and O–H groups in total. The van der Waals surface area contributed by atoms with E-state index in [9.17, 15) is 0 Å². The molecule has 2 aliphatic heterocycles. The molecule has 0 radical (unpaired) electrons. The monoisotopic (exact) mass is 352 g/mol. The van der Waals surface area contributed by atoms with Crippen LogP contribution in [0.15, 0.2) is 18.2 Å². The minimum absolute atomic E-state index is 0.480. The minimum Gasteiger partial charge on any atom is -0.370 e. The fraction of sp³-hybridized carbons (Fsp3) is 0.591. The summed E-state index contributed by atoms with van der Waals surface area (Å²) in [6.07, 6.45) is 7.52. The molecule has 1 aromatic carbocycles. The Morgan fingerprint density at radius 2 is 2.04 bits per heavy atom. The maximum absolute atomic E-state index is 5.24. The Hall–Kier alpha value is -1.81. The quantitative estimate of drug-likeness (QED) is 0.862. The van der Waals surface area contributed by atoms with Crippen molar-refractivity contribution in [3.63, 3.8) is 0 Å². The van der Waals surface area contributed by atoms with E-state index in [4.69, 9.17) is 5.10 Å². The molecule has 2 aliphatic rings. The van der Waals surface area contributed by atoms with Crippen molar-refractivity contribution in [2.45, 2.75) is 65.3 Å². The zero-order valence-corrected chi connectivity index (χ0v) is 16.5. The van der Waals surface area contributed by atoms with Crippen LogP contribution in [0.2, 0.25) is 0 Å². The van der Waals surface area contributed by atoms with E-state index < -0.39 is 0 Å². The van der Waals surface area contributed by atoms with Crippen LogP contribution >= 0.6 is 0 Å². The first-order valence-electron chi connectivity index (χ1n) is 10.4. The van der Waals surface area contributed by atoms with Gasteiger partial charge < -0.3 is 5.32 Å². The van der Waals surface area contributed by atoms with E-state index in [0.717, 1.165) is 19.5 Å². The Kier molecular flexibility index (Phi) is 5.03. The molecule has 0 spiro atoms. The fourth-order valence-corrected chi connectivity index (χ4v) is 4.62. The summed E-state index contributed by atoms with van der Waals surface area (Å²) in [5.74, 6) is 1.24. The predicted octanol–water partition coefficient (Wildman–Crippen LogP) is 4.78. The van der Waals surface area contributed by atoms with Crippen LogP contribution in [-0.2, 0) is 6.42 Å². The van der Waals surface area contributed by atoms with Crippen molar-refractivity contribution in [3.05, 3.63) is 40.6 Å². The van der Waals surface area contributed by atoms with Crippen molar-refractivity contribution in [3.8, 4) is 5.69 Å². The minimum atomic E-state index is 0.480. The number of nitrogens with zero attached hydrogens (tertiary/aromatic N) is 3. The molecule has 1 fully saturated rings. The lowest BCUT2D eigenvalue weighted by Crippen LogP contribution is -2.34. The van der Waals surface area contributed by atoms with Gasteiger partial charge in [-0.25, -0.2) is 4.68 Å². The summed E-state index contributed by atoms with van der Waals surface area (Å²) in [6, 6.07) is 7.04. The zero-order chi connectivity index (χ0) is 18.1. The van der Waals surface area contributed by atoms with Crippen molar-refractivity contribution < 1.29 is 0 Å². The van der Waals surface area contributed by atoms with Crippen LogP contribution in [0.3, 0.4) is 0 Å². The molecule has 1 unspecified atom stereocenters. The first-order chi connectivity index (χ1) is 12.7. The predicted molar refractivity (Wildman–Crippen MR) is 108 cm³/mol. The molecule has 140 valence electrons. The molecule has 1 aromatic heterocycles. The third kappa shape index (κ3) is 3.05. The van der Waals surface area contributed by atoms with E-state index in [1.54, 1.807) is 0 Å². The Balaban J connectivity index is 1.85. The molecule has 3 heterocycles. The van der Waals surface area contributed by atoms with Crippen LogP contribution < -0.4 is 5.32 Å². The second kappa shape index (κ2) is 7.43. The van der Waals surface area contributed by atoms with Crippen molar-refractivity contribution in [2.75, 3.05) is 25.0 Å². The van der Waals surface area contributed by atoms with Gasteiger partial charge in [0.15, 0.2) is 0 Å². The highest BCUT2D eigenvalue weighted by molar-refractivity contribution is 5.57. The largest absolute Gasteiger partial charge is 0.370 e. The van der Waals surface area contributed by atoms with Gasteiger partial charge in [-0.05, 0) is 76.2 Å². The molecule has 0 saturated carbocycles. The summed E-state index contributed by atoms with van der Waals surface area (Å²) in [5.41, 5.74) is 6.67. The molecular weight excluding hydrogens is 320 g/mol. The van der Waals surface area contributed by atoms with E-state index in [1.165, 1.54) is 72.5 Å². The summed E-state index contributed by atoms with van der Waals surface area (Å²) < 4.78 is 2.21. The SMILES string of the molecule is CCN1CCCCC1c1nn(-c2cccc(C)c2C)c2c1CCCCN2. The van der Waals surface area contributed by atoms with Crippen LogP contribution in [0.25, 0.3) is 5.69 Å². The first-order valence-corrected chi connectivity index (χ1v) is 10.4. The average Bonchev–Trinajstić information content (AvgIpc) is 2.85. The number of hydrogen-bond acceptors (Lipinski definition) is 3. The smallest absolute Gasteiger partial charge is 0.133 e. The van der Waals surface area contributed by atoms with Gasteiger partial charge in [0.05, 0.1) is 17.4 Å². The number of aromatic nitrogens is 2. The topological polar surface area (TPSA) is 33.1 Å². The van der Waals surface area contributed by atoms with Gasteiger partial charge in [-0.1, -0.05) is 25.5 Å². The fourth-order valence-electron chi connectivity index (χ4n) is 4.62. The molecular formula is C22H32N4. The number of piperidine rings is 1. The highest BCUT2D eigenvalue weighted by Crippen LogP contribution is 2.38. The number of rotatable bonds is 3. The summed E-state index contributed by atoms with van der Waals surface area (Å²) in [7, 11) is 0. The Morgan fingerprint density at radius 1 is 1.15 bits per heavy atom. The third-order valence-electron chi connectivity index (χ3n) is 6.30. The molecule has 0 aliphatic carbocycles. The van der Waals surface area contributed by atoms with E-state index in [1.807, 2.05) is 0 Å². The average molecular weight is 353 g/mol. The number of fused-ring (bicyclic) bond motifs is 1. The number of hydrogen-bond donors (Lipinski definition) is 1. The van der Waals surface area contributed by atoms with E-state index in [-0.39, 0.29) is 0 Å². The molecule has 26 heavy (non-hydrogen) atoms. The zero-order valence-electron chi connectivity index (χ0n) is 16.5. The molecule has 4 nitrogen and oxygen atoms in total. The lowest BCUT2D eigenvalue weighted by Gasteiger charge is -2.34. The molecule has 4 rings (SSSR count). The van der Waals surface area contributed by atoms with E-state index >= 15 is 0 Å². The van der Waals surface area contributed by atoms with Gasteiger partial charge >= 0.3 is 0 Å². The highest BCUT2D eigenvalue weighted by atomic mass is 15.4. The number of anilines is 1. The van der Waals surface area contributed by atoms with Crippen molar-refractivity contribution >= 4 is 5.82 Å². The number of nitrogens with one attached hydrogen (secondary N) is 1. The van der Waals surface area contributed by atoms with Gasteiger partial charge in [0.1, 0.15) is 5.82 Å². The number of benzene rings is 1. The Labute approximate surface area is 157 Å². The summed E-state index contributed by atoms with van der Waals surface area (Å²) >= 11 is 0. The molecule has 1 atom stereocenters. The second-order valence-corrected chi connectivity index (χ2v) is 7.87. The van der Waals surface area contributed by atoms with Crippen LogP contribution in [0, 0.1) is 13.8 Å². The molecule has 2 aromatic rings. The van der Waals surface area contributed by atoms with E-state index in [0.29, 0.717) is 6.04 Å². The molecule has 0 amide bonds. The van der Waals surface area contributed by atoms with Gasteiger partial charge in [0.2, 0.25) is 0 Å². The standard InChI is InChI=1S/C22H32N4/c1-4-25-15-8-6-12-20(25)21-18-11-5-7-14-23-22(18)26(24-21)19-13-9-10-16(2)17(19)3/h9-10,13,20,23H,4-8,11-12,14-15H2,1-3H3. The van der Waals surface area contributed by atoms with Crippen LogP contribution in [-0.4, -0.2) is 34.3 Å². The highest BCUT2D eigenvalue weighted by Gasteiger charge is 2.31. The first kappa shape index (κ1) is 17.6. The lowest BCUT2D eigenvalue weighted by atomic mass is 9.95. The maximum Gasteiger partial charge on any atom is 0.133 e. The normalized spacial score (nSPS) is 21.1. The van der Waals surface area contributed by atoms with Gasteiger partial charge in [-0.2, -0.15) is 5.10 Å². The number of likely N-dealkylation sites (tertiary alicyclic amines) is 1.